The molecule has 0 atom stereocenters. The van der Waals surface area contributed by atoms with Crippen molar-refractivity contribution in [2.75, 3.05) is 18.1 Å². The highest BCUT2D eigenvalue weighted by molar-refractivity contribution is 7.91. The topological polar surface area (TPSA) is 69.4 Å². The summed E-state index contributed by atoms with van der Waals surface area (Å²) in [4.78, 5) is 0. The molecule has 0 bridgehead atoms. The zero-order valence-electron chi connectivity index (χ0n) is 11.0. The summed E-state index contributed by atoms with van der Waals surface area (Å²) in [5.41, 5.74) is 7.64. The molecule has 0 fully saturated rings. The molecule has 0 saturated carbocycles. The van der Waals surface area contributed by atoms with Crippen LogP contribution in [0.1, 0.15) is 24.5 Å². The van der Waals surface area contributed by atoms with Crippen molar-refractivity contribution in [3.63, 3.8) is 0 Å². The second kappa shape index (κ2) is 6.75. The van der Waals surface area contributed by atoms with Crippen molar-refractivity contribution in [3.8, 4) is 5.75 Å². The quantitative estimate of drug-likeness (QED) is 0.819. The molecule has 0 aliphatic rings. The average molecular weight is 271 g/mol. The Labute approximate surface area is 109 Å². The molecule has 0 aliphatic heterocycles. The van der Waals surface area contributed by atoms with Gasteiger partial charge in [0.05, 0.1) is 11.5 Å². The summed E-state index contributed by atoms with van der Waals surface area (Å²) in [6.07, 6.45) is 0.640. The molecule has 102 valence electrons. The number of rotatable bonds is 7. The maximum atomic E-state index is 11.5. The smallest absolute Gasteiger partial charge is 0.153 e. The Bertz CT molecular complexity index is 483. The van der Waals surface area contributed by atoms with Crippen LogP contribution in [0.2, 0.25) is 0 Å². The van der Waals surface area contributed by atoms with E-state index in [1.165, 1.54) is 0 Å². The first-order chi connectivity index (χ1) is 8.48. The van der Waals surface area contributed by atoms with E-state index in [2.05, 4.69) is 0 Å². The predicted molar refractivity (Wildman–Crippen MR) is 73.5 cm³/mol. The molecule has 0 radical (unpaired) electrons. The molecule has 0 heterocycles. The van der Waals surface area contributed by atoms with Crippen LogP contribution < -0.4 is 10.5 Å². The molecule has 0 saturated heterocycles. The fourth-order valence-corrected chi connectivity index (χ4v) is 2.86. The van der Waals surface area contributed by atoms with E-state index in [-0.39, 0.29) is 18.1 Å². The van der Waals surface area contributed by atoms with E-state index in [0.717, 1.165) is 11.1 Å². The van der Waals surface area contributed by atoms with Gasteiger partial charge in [-0.1, -0.05) is 24.6 Å². The molecule has 5 heteroatoms. The second-order valence-corrected chi connectivity index (χ2v) is 6.62. The minimum absolute atomic E-state index is 0.0543. The van der Waals surface area contributed by atoms with Gasteiger partial charge in [-0.25, -0.2) is 8.42 Å². The van der Waals surface area contributed by atoms with Crippen LogP contribution in [0.3, 0.4) is 0 Å². The molecule has 18 heavy (non-hydrogen) atoms. The van der Waals surface area contributed by atoms with Crippen molar-refractivity contribution >= 4 is 9.84 Å². The van der Waals surface area contributed by atoms with Gasteiger partial charge in [0.2, 0.25) is 0 Å². The van der Waals surface area contributed by atoms with E-state index in [9.17, 15) is 8.42 Å². The Morgan fingerprint density at radius 2 is 2.00 bits per heavy atom. The maximum absolute atomic E-state index is 11.5. The third-order valence-electron chi connectivity index (χ3n) is 2.60. The molecule has 0 spiro atoms. The van der Waals surface area contributed by atoms with Gasteiger partial charge in [-0.05, 0) is 19.4 Å². The minimum atomic E-state index is -2.99. The molecule has 1 aromatic carbocycles. The molecule has 2 N–H and O–H groups in total. The van der Waals surface area contributed by atoms with E-state index in [1.807, 2.05) is 32.0 Å². The molecule has 0 amide bonds. The molecule has 0 aromatic heterocycles. The van der Waals surface area contributed by atoms with Crippen LogP contribution in [0.4, 0.5) is 0 Å². The van der Waals surface area contributed by atoms with Gasteiger partial charge in [0.25, 0.3) is 0 Å². The highest BCUT2D eigenvalue weighted by Gasteiger charge is 2.10. The highest BCUT2D eigenvalue weighted by Crippen LogP contribution is 2.19. The predicted octanol–water partition coefficient (Wildman–Crippen LogP) is 1.66. The van der Waals surface area contributed by atoms with Gasteiger partial charge in [0, 0.05) is 12.1 Å². The summed E-state index contributed by atoms with van der Waals surface area (Å²) in [6, 6.07) is 5.72. The second-order valence-electron chi connectivity index (χ2n) is 4.32. The number of ether oxygens (including phenoxy) is 1. The number of hydrogen-bond donors (Lipinski definition) is 1. The lowest BCUT2D eigenvalue weighted by Gasteiger charge is -2.11. The van der Waals surface area contributed by atoms with Crippen LogP contribution in [0.5, 0.6) is 5.75 Å². The summed E-state index contributed by atoms with van der Waals surface area (Å²) in [6.45, 7) is 4.40. The Morgan fingerprint density at radius 3 is 2.61 bits per heavy atom. The first kappa shape index (κ1) is 15.0. The van der Waals surface area contributed by atoms with Crippen molar-refractivity contribution in [1.29, 1.82) is 0 Å². The number of aryl methyl sites for hydroxylation is 1. The van der Waals surface area contributed by atoms with Gasteiger partial charge in [0.1, 0.15) is 12.4 Å². The van der Waals surface area contributed by atoms with Gasteiger partial charge in [-0.15, -0.1) is 0 Å². The third kappa shape index (κ3) is 4.66. The van der Waals surface area contributed by atoms with E-state index >= 15 is 0 Å². The average Bonchev–Trinajstić information content (AvgIpc) is 2.30. The molecular formula is C13H21NO3S. The Hall–Kier alpha value is -1.07. The van der Waals surface area contributed by atoms with E-state index in [0.29, 0.717) is 18.7 Å². The van der Waals surface area contributed by atoms with Crippen LogP contribution >= 0.6 is 0 Å². The number of benzene rings is 1. The largest absolute Gasteiger partial charge is 0.492 e. The first-order valence-corrected chi connectivity index (χ1v) is 7.93. The molecule has 1 aromatic rings. The molecular weight excluding hydrogens is 250 g/mol. The lowest BCUT2D eigenvalue weighted by Crippen LogP contribution is -2.17. The first-order valence-electron chi connectivity index (χ1n) is 6.11. The number of nitrogens with two attached hydrogens (primary N) is 1. The summed E-state index contributed by atoms with van der Waals surface area (Å²) in [5.74, 6) is 0.946. The van der Waals surface area contributed by atoms with Crippen molar-refractivity contribution in [2.45, 2.75) is 26.8 Å². The van der Waals surface area contributed by atoms with Crippen LogP contribution in [0.15, 0.2) is 18.2 Å². The molecule has 0 unspecified atom stereocenters. The third-order valence-corrected chi connectivity index (χ3v) is 4.42. The normalized spacial score (nSPS) is 11.5. The Morgan fingerprint density at radius 1 is 1.28 bits per heavy atom. The van der Waals surface area contributed by atoms with Crippen molar-refractivity contribution in [1.82, 2.24) is 0 Å². The molecule has 1 rings (SSSR count). The molecule has 4 nitrogen and oxygen atoms in total. The Balaban J connectivity index is 2.59. The van der Waals surface area contributed by atoms with Gasteiger partial charge in [0.15, 0.2) is 9.84 Å². The van der Waals surface area contributed by atoms with Crippen LogP contribution in [-0.4, -0.2) is 26.5 Å². The zero-order chi connectivity index (χ0) is 13.6. The fourth-order valence-electron chi connectivity index (χ4n) is 1.70. The summed E-state index contributed by atoms with van der Waals surface area (Å²) < 4.78 is 28.6. The summed E-state index contributed by atoms with van der Waals surface area (Å²) in [7, 11) is -2.99. The van der Waals surface area contributed by atoms with Gasteiger partial charge in [-0.3, -0.25) is 0 Å². The highest BCUT2D eigenvalue weighted by atomic mass is 32.2. The number of hydrogen-bond acceptors (Lipinski definition) is 4. The SMILES string of the molecule is CCCS(=O)(=O)CCOc1ccc(C)cc1CN. The lowest BCUT2D eigenvalue weighted by molar-refractivity contribution is 0.337. The Kier molecular flexibility index (Phi) is 5.62. The van der Waals surface area contributed by atoms with Gasteiger partial charge in [-0.2, -0.15) is 0 Å². The van der Waals surface area contributed by atoms with Gasteiger partial charge >= 0.3 is 0 Å². The summed E-state index contributed by atoms with van der Waals surface area (Å²) >= 11 is 0. The minimum Gasteiger partial charge on any atom is -0.492 e. The maximum Gasteiger partial charge on any atom is 0.153 e. The fraction of sp³-hybridized carbons (Fsp3) is 0.538. The lowest BCUT2D eigenvalue weighted by atomic mass is 10.1. The van der Waals surface area contributed by atoms with Crippen LogP contribution in [0.25, 0.3) is 0 Å². The van der Waals surface area contributed by atoms with Crippen molar-refractivity contribution < 1.29 is 13.2 Å². The molecule has 0 aliphatic carbocycles. The van der Waals surface area contributed by atoms with Gasteiger partial charge < -0.3 is 10.5 Å². The summed E-state index contributed by atoms with van der Waals surface area (Å²) in [5, 5.41) is 0. The monoisotopic (exact) mass is 271 g/mol. The standard InChI is InChI=1S/C13H21NO3S/c1-3-7-18(15,16)8-6-17-13-5-4-11(2)9-12(13)10-14/h4-5,9H,3,6-8,10,14H2,1-2H3. The number of sulfone groups is 1. The van der Waals surface area contributed by atoms with Crippen LogP contribution in [-0.2, 0) is 16.4 Å². The van der Waals surface area contributed by atoms with E-state index in [4.69, 9.17) is 10.5 Å². The van der Waals surface area contributed by atoms with Crippen molar-refractivity contribution in [2.24, 2.45) is 5.73 Å². The van der Waals surface area contributed by atoms with E-state index < -0.39 is 9.84 Å². The zero-order valence-corrected chi connectivity index (χ0v) is 11.8. The van der Waals surface area contributed by atoms with Crippen molar-refractivity contribution in [3.05, 3.63) is 29.3 Å². The van der Waals surface area contributed by atoms with E-state index in [1.54, 1.807) is 0 Å². The van der Waals surface area contributed by atoms with Crippen LogP contribution in [0, 0.1) is 6.92 Å².